The molecule has 1 rings (SSSR count). The van der Waals surface area contributed by atoms with Crippen LogP contribution in [-0.2, 0) is 0 Å². The number of aryl methyl sites for hydroxylation is 1. The SMILES string of the molecule is CSc1cc(C)c(N)c(C(C)C)c1. The summed E-state index contributed by atoms with van der Waals surface area (Å²) < 4.78 is 0. The van der Waals surface area contributed by atoms with Gasteiger partial charge in [-0.3, -0.25) is 0 Å². The molecular formula is C11H17NS. The molecule has 0 atom stereocenters. The summed E-state index contributed by atoms with van der Waals surface area (Å²) in [5, 5.41) is 0. The van der Waals surface area contributed by atoms with Crippen LogP contribution in [0.3, 0.4) is 0 Å². The Morgan fingerprint density at radius 3 is 2.38 bits per heavy atom. The van der Waals surface area contributed by atoms with Crippen molar-refractivity contribution in [2.24, 2.45) is 0 Å². The average Bonchev–Trinajstić information content (AvgIpc) is 2.09. The van der Waals surface area contributed by atoms with Gasteiger partial charge in [0.25, 0.3) is 0 Å². The van der Waals surface area contributed by atoms with E-state index in [4.69, 9.17) is 5.73 Å². The number of nitrogens with two attached hydrogens (primary N) is 1. The number of hydrogen-bond acceptors (Lipinski definition) is 2. The fourth-order valence-electron chi connectivity index (χ4n) is 1.39. The number of rotatable bonds is 2. The van der Waals surface area contributed by atoms with Crippen molar-refractivity contribution in [3.8, 4) is 0 Å². The van der Waals surface area contributed by atoms with Gasteiger partial charge in [-0.2, -0.15) is 0 Å². The zero-order valence-electron chi connectivity index (χ0n) is 8.72. The summed E-state index contributed by atoms with van der Waals surface area (Å²) in [4.78, 5) is 1.30. The average molecular weight is 195 g/mol. The molecule has 0 aliphatic rings. The molecule has 0 aliphatic carbocycles. The predicted molar refractivity (Wildman–Crippen MR) is 61.5 cm³/mol. The molecule has 0 heterocycles. The monoisotopic (exact) mass is 195 g/mol. The van der Waals surface area contributed by atoms with Crippen LogP contribution in [0.2, 0.25) is 0 Å². The lowest BCUT2D eigenvalue weighted by Crippen LogP contribution is -1.99. The summed E-state index contributed by atoms with van der Waals surface area (Å²) in [7, 11) is 0. The van der Waals surface area contributed by atoms with E-state index in [9.17, 15) is 0 Å². The molecule has 13 heavy (non-hydrogen) atoms. The molecule has 72 valence electrons. The minimum Gasteiger partial charge on any atom is -0.398 e. The van der Waals surface area contributed by atoms with Crippen molar-refractivity contribution in [1.29, 1.82) is 0 Å². The van der Waals surface area contributed by atoms with Gasteiger partial charge in [0.05, 0.1) is 0 Å². The largest absolute Gasteiger partial charge is 0.398 e. The molecule has 1 aromatic rings. The molecule has 0 aromatic heterocycles. The molecule has 0 radical (unpaired) electrons. The first-order chi connectivity index (χ1) is 6.06. The van der Waals surface area contributed by atoms with Gasteiger partial charge in [0.1, 0.15) is 0 Å². The van der Waals surface area contributed by atoms with Crippen molar-refractivity contribution >= 4 is 17.4 Å². The number of nitrogen functional groups attached to an aromatic ring is 1. The second-order valence-electron chi connectivity index (χ2n) is 3.60. The number of benzene rings is 1. The number of thioether (sulfide) groups is 1. The molecule has 0 saturated heterocycles. The van der Waals surface area contributed by atoms with E-state index < -0.39 is 0 Å². The molecular weight excluding hydrogens is 178 g/mol. The molecule has 0 bridgehead atoms. The van der Waals surface area contributed by atoms with Gasteiger partial charge in [-0.1, -0.05) is 13.8 Å². The predicted octanol–water partition coefficient (Wildman–Crippen LogP) is 3.42. The Labute approximate surface area is 84.7 Å². The molecule has 1 nitrogen and oxygen atoms in total. The molecule has 0 fully saturated rings. The van der Waals surface area contributed by atoms with Crippen LogP contribution in [0.1, 0.15) is 30.9 Å². The van der Waals surface area contributed by atoms with Gasteiger partial charge in [-0.25, -0.2) is 0 Å². The molecule has 1 aromatic carbocycles. The fourth-order valence-corrected chi connectivity index (χ4v) is 1.93. The maximum atomic E-state index is 6.00. The van der Waals surface area contributed by atoms with Gasteiger partial charge < -0.3 is 5.73 Å². The summed E-state index contributed by atoms with van der Waals surface area (Å²) in [6, 6.07) is 4.34. The van der Waals surface area contributed by atoms with Crippen molar-refractivity contribution in [3.05, 3.63) is 23.3 Å². The minimum absolute atomic E-state index is 0.505. The minimum atomic E-state index is 0.505. The lowest BCUT2D eigenvalue weighted by molar-refractivity contribution is 0.864. The zero-order valence-corrected chi connectivity index (χ0v) is 9.53. The molecule has 0 amide bonds. The molecule has 2 heteroatoms. The van der Waals surface area contributed by atoms with E-state index in [1.165, 1.54) is 16.0 Å². The Hall–Kier alpha value is -0.630. The molecule has 0 aliphatic heterocycles. The number of anilines is 1. The lowest BCUT2D eigenvalue weighted by Gasteiger charge is -2.13. The Morgan fingerprint density at radius 2 is 1.92 bits per heavy atom. The third-order valence-electron chi connectivity index (χ3n) is 2.25. The Balaban J connectivity index is 3.25. The maximum absolute atomic E-state index is 6.00. The number of hydrogen-bond donors (Lipinski definition) is 1. The van der Waals surface area contributed by atoms with E-state index in [1.54, 1.807) is 11.8 Å². The van der Waals surface area contributed by atoms with Gasteiger partial charge in [-0.15, -0.1) is 11.8 Å². The summed E-state index contributed by atoms with van der Waals surface area (Å²) >= 11 is 1.77. The lowest BCUT2D eigenvalue weighted by atomic mass is 9.99. The molecule has 0 saturated carbocycles. The van der Waals surface area contributed by atoms with Crippen molar-refractivity contribution < 1.29 is 0 Å². The second kappa shape index (κ2) is 4.05. The van der Waals surface area contributed by atoms with E-state index >= 15 is 0 Å². The Kier molecular flexibility index (Phi) is 3.26. The van der Waals surface area contributed by atoms with Crippen LogP contribution in [-0.4, -0.2) is 6.26 Å². The summed E-state index contributed by atoms with van der Waals surface area (Å²) in [6.07, 6.45) is 2.09. The van der Waals surface area contributed by atoms with E-state index in [-0.39, 0.29) is 0 Å². The summed E-state index contributed by atoms with van der Waals surface area (Å²) in [5.74, 6) is 0.505. The van der Waals surface area contributed by atoms with Crippen LogP contribution in [0.5, 0.6) is 0 Å². The Bertz CT molecular complexity index is 305. The highest BCUT2D eigenvalue weighted by atomic mass is 32.2. The van der Waals surface area contributed by atoms with Crippen LogP contribution in [0.4, 0.5) is 5.69 Å². The zero-order chi connectivity index (χ0) is 10.0. The van der Waals surface area contributed by atoms with Crippen molar-refractivity contribution in [1.82, 2.24) is 0 Å². The first kappa shape index (κ1) is 10.5. The van der Waals surface area contributed by atoms with Crippen molar-refractivity contribution in [2.75, 3.05) is 12.0 Å². The van der Waals surface area contributed by atoms with E-state index in [1.807, 2.05) is 0 Å². The van der Waals surface area contributed by atoms with Crippen LogP contribution in [0.15, 0.2) is 17.0 Å². The van der Waals surface area contributed by atoms with Crippen molar-refractivity contribution in [2.45, 2.75) is 31.6 Å². The first-order valence-electron chi connectivity index (χ1n) is 4.50. The quantitative estimate of drug-likeness (QED) is 0.578. The van der Waals surface area contributed by atoms with Gasteiger partial charge in [-0.05, 0) is 42.4 Å². The highest BCUT2D eigenvalue weighted by Gasteiger charge is 2.07. The maximum Gasteiger partial charge on any atom is 0.0379 e. The van der Waals surface area contributed by atoms with Crippen LogP contribution >= 0.6 is 11.8 Å². The van der Waals surface area contributed by atoms with E-state index in [0.29, 0.717) is 5.92 Å². The second-order valence-corrected chi connectivity index (χ2v) is 4.48. The van der Waals surface area contributed by atoms with Crippen LogP contribution < -0.4 is 5.73 Å². The standard InChI is InChI=1S/C11H17NS/c1-7(2)10-6-9(13-4)5-8(3)11(10)12/h5-7H,12H2,1-4H3. The third-order valence-corrected chi connectivity index (χ3v) is 2.96. The first-order valence-corrected chi connectivity index (χ1v) is 5.72. The van der Waals surface area contributed by atoms with Crippen molar-refractivity contribution in [3.63, 3.8) is 0 Å². The van der Waals surface area contributed by atoms with Gasteiger partial charge >= 0.3 is 0 Å². The smallest absolute Gasteiger partial charge is 0.0379 e. The van der Waals surface area contributed by atoms with Gasteiger partial charge in [0, 0.05) is 10.6 Å². The fraction of sp³-hybridized carbons (Fsp3) is 0.455. The summed E-state index contributed by atoms with van der Waals surface area (Å²) in [5.41, 5.74) is 9.41. The summed E-state index contributed by atoms with van der Waals surface area (Å²) in [6.45, 7) is 6.42. The van der Waals surface area contributed by atoms with Gasteiger partial charge in [0.15, 0.2) is 0 Å². The van der Waals surface area contributed by atoms with Crippen LogP contribution in [0.25, 0.3) is 0 Å². The normalized spacial score (nSPS) is 10.8. The van der Waals surface area contributed by atoms with Gasteiger partial charge in [0.2, 0.25) is 0 Å². The Morgan fingerprint density at radius 1 is 1.31 bits per heavy atom. The van der Waals surface area contributed by atoms with E-state index in [0.717, 1.165) is 5.69 Å². The topological polar surface area (TPSA) is 26.0 Å². The third kappa shape index (κ3) is 2.19. The van der Waals surface area contributed by atoms with Crippen LogP contribution in [0, 0.1) is 6.92 Å². The van der Waals surface area contributed by atoms with E-state index in [2.05, 4.69) is 39.2 Å². The molecule has 2 N–H and O–H groups in total. The highest BCUT2D eigenvalue weighted by molar-refractivity contribution is 7.98. The molecule has 0 unspecified atom stereocenters. The molecule has 0 spiro atoms. The highest BCUT2D eigenvalue weighted by Crippen LogP contribution is 2.29.